The molecule has 1 fully saturated rings. The molecule has 0 aliphatic carbocycles. The first-order valence-corrected chi connectivity index (χ1v) is 9.17. The Hall–Kier alpha value is -2.28. The molecule has 0 bridgehead atoms. The molecule has 0 saturated carbocycles. The number of piperidine rings is 1. The quantitative estimate of drug-likeness (QED) is 0.730. The molecule has 1 saturated heterocycles. The summed E-state index contributed by atoms with van der Waals surface area (Å²) in [5, 5.41) is 15.0. The van der Waals surface area contributed by atoms with Crippen molar-refractivity contribution in [2.45, 2.75) is 32.2 Å². The molecule has 24 heavy (non-hydrogen) atoms. The fourth-order valence-corrected chi connectivity index (χ4v) is 3.98. The highest BCUT2D eigenvalue weighted by Crippen LogP contribution is 2.33. The van der Waals surface area contributed by atoms with Gasteiger partial charge in [-0.3, -0.25) is 9.67 Å². The lowest BCUT2D eigenvalue weighted by atomic mass is 9.92. The van der Waals surface area contributed by atoms with Gasteiger partial charge in [0.2, 0.25) is 5.13 Å². The summed E-state index contributed by atoms with van der Waals surface area (Å²) in [4.78, 5) is 6.69. The Labute approximate surface area is 145 Å². The zero-order chi connectivity index (χ0) is 16.4. The molecule has 1 aliphatic rings. The van der Waals surface area contributed by atoms with Gasteiger partial charge in [0.05, 0.1) is 6.20 Å². The van der Waals surface area contributed by atoms with Crippen LogP contribution in [0, 0.1) is 0 Å². The topological polar surface area (TPSA) is 59.7 Å². The minimum absolute atomic E-state index is 0.602. The SMILES string of the molecule is CCn1cc(C2CCN(c3nnc(-c4ccccn4)s3)CC2)cn1. The van der Waals surface area contributed by atoms with E-state index in [0.717, 1.165) is 48.3 Å². The van der Waals surface area contributed by atoms with Crippen molar-refractivity contribution in [3.05, 3.63) is 42.4 Å². The van der Waals surface area contributed by atoms with Gasteiger partial charge in [-0.15, -0.1) is 10.2 Å². The molecular formula is C17H20N6S. The van der Waals surface area contributed by atoms with Gasteiger partial charge >= 0.3 is 0 Å². The number of aromatic nitrogens is 5. The third kappa shape index (κ3) is 3.03. The van der Waals surface area contributed by atoms with E-state index in [0.29, 0.717) is 5.92 Å². The van der Waals surface area contributed by atoms with Gasteiger partial charge in [0, 0.05) is 32.0 Å². The Morgan fingerprint density at radius 3 is 2.79 bits per heavy atom. The highest BCUT2D eigenvalue weighted by molar-refractivity contribution is 7.18. The number of pyridine rings is 1. The zero-order valence-corrected chi connectivity index (χ0v) is 14.5. The monoisotopic (exact) mass is 340 g/mol. The van der Waals surface area contributed by atoms with Crippen LogP contribution in [0.5, 0.6) is 0 Å². The van der Waals surface area contributed by atoms with Gasteiger partial charge in [-0.2, -0.15) is 5.10 Å². The molecule has 0 atom stereocenters. The lowest BCUT2D eigenvalue weighted by Crippen LogP contribution is -2.32. The molecule has 3 aromatic heterocycles. The van der Waals surface area contributed by atoms with Gasteiger partial charge in [-0.1, -0.05) is 17.4 Å². The van der Waals surface area contributed by atoms with E-state index in [1.54, 1.807) is 17.5 Å². The predicted molar refractivity (Wildman–Crippen MR) is 95.2 cm³/mol. The molecule has 0 amide bonds. The van der Waals surface area contributed by atoms with Crippen molar-refractivity contribution in [1.82, 2.24) is 25.0 Å². The first-order valence-electron chi connectivity index (χ1n) is 8.35. The summed E-state index contributed by atoms with van der Waals surface area (Å²) < 4.78 is 2.01. The molecule has 0 aromatic carbocycles. The van der Waals surface area contributed by atoms with Gasteiger partial charge < -0.3 is 4.90 Å². The molecule has 0 radical (unpaired) electrons. The van der Waals surface area contributed by atoms with Crippen LogP contribution in [0.15, 0.2) is 36.8 Å². The van der Waals surface area contributed by atoms with Crippen molar-refractivity contribution in [3.63, 3.8) is 0 Å². The molecule has 0 unspecified atom stereocenters. The summed E-state index contributed by atoms with van der Waals surface area (Å²) in [6, 6.07) is 5.87. The normalized spacial score (nSPS) is 15.8. The number of hydrogen-bond acceptors (Lipinski definition) is 6. The van der Waals surface area contributed by atoms with Crippen LogP contribution in [0.25, 0.3) is 10.7 Å². The van der Waals surface area contributed by atoms with Crippen molar-refractivity contribution < 1.29 is 0 Å². The fraction of sp³-hybridized carbons (Fsp3) is 0.412. The number of hydrogen-bond donors (Lipinski definition) is 0. The van der Waals surface area contributed by atoms with Crippen molar-refractivity contribution in [3.8, 4) is 10.7 Å². The summed E-state index contributed by atoms with van der Waals surface area (Å²) in [7, 11) is 0. The second kappa shape index (κ2) is 6.68. The molecule has 1 aliphatic heterocycles. The third-order valence-electron chi connectivity index (χ3n) is 4.51. The first kappa shape index (κ1) is 15.3. The summed E-state index contributed by atoms with van der Waals surface area (Å²) in [6.45, 7) is 5.07. The van der Waals surface area contributed by atoms with Crippen LogP contribution in [0.1, 0.15) is 31.2 Å². The molecule has 3 aromatic rings. The summed E-state index contributed by atoms with van der Waals surface area (Å²) in [6.07, 6.45) is 8.26. The van der Waals surface area contributed by atoms with Gasteiger partial charge in [0.25, 0.3) is 0 Å². The van der Waals surface area contributed by atoms with E-state index in [4.69, 9.17) is 0 Å². The Morgan fingerprint density at radius 1 is 1.21 bits per heavy atom. The van der Waals surface area contributed by atoms with Crippen LogP contribution >= 0.6 is 11.3 Å². The second-order valence-electron chi connectivity index (χ2n) is 6.00. The fourth-order valence-electron chi connectivity index (χ4n) is 3.10. The van der Waals surface area contributed by atoms with Crippen LogP contribution in [-0.2, 0) is 6.54 Å². The van der Waals surface area contributed by atoms with E-state index in [1.807, 2.05) is 29.1 Å². The van der Waals surface area contributed by atoms with E-state index >= 15 is 0 Å². The average Bonchev–Trinajstić information content (AvgIpc) is 3.32. The summed E-state index contributed by atoms with van der Waals surface area (Å²) >= 11 is 1.62. The van der Waals surface area contributed by atoms with Crippen LogP contribution in [0.2, 0.25) is 0 Å². The van der Waals surface area contributed by atoms with Crippen molar-refractivity contribution >= 4 is 16.5 Å². The molecular weight excluding hydrogens is 320 g/mol. The van der Waals surface area contributed by atoms with Crippen LogP contribution in [-0.4, -0.2) is 38.1 Å². The van der Waals surface area contributed by atoms with Crippen LogP contribution < -0.4 is 4.90 Å². The minimum Gasteiger partial charge on any atom is -0.347 e. The van der Waals surface area contributed by atoms with Gasteiger partial charge in [-0.25, -0.2) is 0 Å². The van der Waals surface area contributed by atoms with E-state index in [2.05, 4.69) is 38.3 Å². The number of rotatable bonds is 4. The van der Waals surface area contributed by atoms with Crippen LogP contribution in [0.3, 0.4) is 0 Å². The van der Waals surface area contributed by atoms with E-state index in [1.165, 1.54) is 5.56 Å². The van der Waals surface area contributed by atoms with E-state index in [9.17, 15) is 0 Å². The largest absolute Gasteiger partial charge is 0.347 e. The van der Waals surface area contributed by atoms with Crippen LogP contribution in [0.4, 0.5) is 5.13 Å². The lowest BCUT2D eigenvalue weighted by Gasteiger charge is -2.30. The van der Waals surface area contributed by atoms with E-state index in [-0.39, 0.29) is 0 Å². The number of nitrogens with zero attached hydrogens (tertiary/aromatic N) is 6. The average molecular weight is 340 g/mol. The first-order chi connectivity index (χ1) is 11.8. The van der Waals surface area contributed by atoms with Crippen molar-refractivity contribution in [2.24, 2.45) is 0 Å². The summed E-state index contributed by atoms with van der Waals surface area (Å²) in [5.74, 6) is 0.602. The Kier molecular flexibility index (Phi) is 4.25. The lowest BCUT2D eigenvalue weighted by molar-refractivity contribution is 0.503. The number of anilines is 1. The molecule has 0 N–H and O–H groups in total. The van der Waals surface area contributed by atoms with Crippen molar-refractivity contribution in [1.29, 1.82) is 0 Å². The maximum absolute atomic E-state index is 4.40. The predicted octanol–water partition coefficient (Wildman–Crippen LogP) is 3.20. The Morgan fingerprint density at radius 2 is 2.08 bits per heavy atom. The standard InChI is InChI=1S/C17H20N6S/c1-2-23-12-14(11-19-23)13-6-9-22(10-7-13)17-21-20-16(24-17)15-5-3-4-8-18-15/h3-5,8,11-13H,2,6-7,9-10H2,1H3. The smallest absolute Gasteiger partial charge is 0.208 e. The molecule has 6 nitrogen and oxygen atoms in total. The van der Waals surface area contributed by atoms with Gasteiger partial charge in [-0.05, 0) is 43.4 Å². The second-order valence-corrected chi connectivity index (χ2v) is 6.95. The van der Waals surface area contributed by atoms with Gasteiger partial charge in [0.1, 0.15) is 5.69 Å². The maximum atomic E-state index is 4.40. The zero-order valence-electron chi connectivity index (χ0n) is 13.7. The highest BCUT2D eigenvalue weighted by atomic mass is 32.1. The van der Waals surface area contributed by atoms with Gasteiger partial charge in [0.15, 0.2) is 5.01 Å². The third-order valence-corrected chi connectivity index (χ3v) is 5.52. The van der Waals surface area contributed by atoms with E-state index < -0.39 is 0 Å². The van der Waals surface area contributed by atoms with Crippen molar-refractivity contribution in [2.75, 3.05) is 18.0 Å². The molecule has 7 heteroatoms. The molecule has 4 rings (SSSR count). The molecule has 124 valence electrons. The Balaban J connectivity index is 1.42. The summed E-state index contributed by atoms with van der Waals surface area (Å²) in [5.41, 5.74) is 2.26. The Bertz CT molecular complexity index is 788. The minimum atomic E-state index is 0.602. The molecule has 4 heterocycles. The maximum Gasteiger partial charge on any atom is 0.208 e. The molecule has 0 spiro atoms. The highest BCUT2D eigenvalue weighted by Gasteiger charge is 2.24. The number of aryl methyl sites for hydroxylation is 1.